The molecule has 0 aliphatic heterocycles. The van der Waals surface area contributed by atoms with Crippen LogP contribution < -0.4 is 10.1 Å². The van der Waals surface area contributed by atoms with Crippen LogP contribution in [-0.2, 0) is 4.79 Å². The lowest BCUT2D eigenvalue weighted by Crippen LogP contribution is -2.42. The molecule has 6 heteroatoms. The molecule has 0 heterocycles. The number of carbonyl (C=O) groups excluding carboxylic acids is 1. The van der Waals surface area contributed by atoms with Crippen LogP contribution in [0.5, 0.6) is 5.75 Å². The number of ether oxygens (including phenoxy) is 1. The smallest absolute Gasteiger partial charge is 0.258 e. The van der Waals surface area contributed by atoms with Crippen LogP contribution >= 0.6 is 23.2 Å². The van der Waals surface area contributed by atoms with Crippen LogP contribution in [0.25, 0.3) is 0 Å². The van der Waals surface area contributed by atoms with Crippen molar-refractivity contribution in [1.29, 1.82) is 0 Å². The van der Waals surface area contributed by atoms with E-state index in [9.17, 15) is 9.90 Å². The lowest BCUT2D eigenvalue weighted by Gasteiger charge is -2.22. The molecular formula is C14H17Cl2NO3. The van der Waals surface area contributed by atoms with Crippen LogP contribution in [0.3, 0.4) is 0 Å². The van der Waals surface area contributed by atoms with E-state index in [1.807, 2.05) is 0 Å². The Bertz CT molecular complexity index is 487. The Morgan fingerprint density at radius 1 is 1.35 bits per heavy atom. The highest BCUT2D eigenvalue weighted by Crippen LogP contribution is 2.29. The normalized spacial score (nSPS) is 16.9. The third-order valence-corrected chi connectivity index (χ3v) is 3.93. The highest BCUT2D eigenvalue weighted by molar-refractivity contribution is 6.35. The molecular weight excluding hydrogens is 301 g/mol. The van der Waals surface area contributed by atoms with E-state index in [0.717, 1.165) is 25.7 Å². The van der Waals surface area contributed by atoms with Crippen LogP contribution in [0.15, 0.2) is 18.2 Å². The monoisotopic (exact) mass is 317 g/mol. The summed E-state index contributed by atoms with van der Waals surface area (Å²) in [4.78, 5) is 11.7. The first-order valence-corrected chi connectivity index (χ1v) is 7.31. The fourth-order valence-electron chi connectivity index (χ4n) is 2.26. The standard InChI is InChI=1S/C14H17Cl2NO3/c15-10-3-4-12(11(16)7-10)20-8-13(18)17-9-14(19)5-1-2-6-14/h3-4,7,19H,1-2,5-6,8-9H2,(H,17,18). The van der Waals surface area contributed by atoms with Gasteiger partial charge in [-0.05, 0) is 31.0 Å². The maximum absolute atomic E-state index is 11.7. The summed E-state index contributed by atoms with van der Waals surface area (Å²) in [5.41, 5.74) is -0.756. The number of aliphatic hydroxyl groups is 1. The second-order valence-electron chi connectivity index (χ2n) is 5.07. The van der Waals surface area contributed by atoms with E-state index in [-0.39, 0.29) is 19.1 Å². The van der Waals surface area contributed by atoms with Crippen LogP contribution in [-0.4, -0.2) is 29.8 Å². The van der Waals surface area contributed by atoms with Crippen molar-refractivity contribution in [3.63, 3.8) is 0 Å². The van der Waals surface area contributed by atoms with Gasteiger partial charge in [0.05, 0.1) is 10.6 Å². The van der Waals surface area contributed by atoms with Crippen LogP contribution in [0.1, 0.15) is 25.7 Å². The molecule has 2 rings (SSSR count). The Hall–Kier alpha value is -0.970. The molecule has 1 aliphatic carbocycles. The van der Waals surface area contributed by atoms with Gasteiger partial charge in [-0.25, -0.2) is 0 Å². The molecule has 1 amide bonds. The van der Waals surface area contributed by atoms with E-state index >= 15 is 0 Å². The molecule has 0 aromatic heterocycles. The minimum Gasteiger partial charge on any atom is -0.482 e. The fraction of sp³-hybridized carbons (Fsp3) is 0.500. The molecule has 20 heavy (non-hydrogen) atoms. The highest BCUT2D eigenvalue weighted by atomic mass is 35.5. The minimum atomic E-state index is -0.756. The average molecular weight is 318 g/mol. The molecule has 0 bridgehead atoms. The molecule has 0 spiro atoms. The molecule has 0 radical (unpaired) electrons. The topological polar surface area (TPSA) is 58.6 Å². The van der Waals surface area contributed by atoms with Crippen molar-refractivity contribution in [2.75, 3.05) is 13.2 Å². The Labute approximate surface area is 128 Å². The number of carbonyl (C=O) groups is 1. The molecule has 0 saturated heterocycles. The zero-order chi connectivity index (χ0) is 14.6. The Kier molecular flexibility index (Phi) is 5.13. The van der Waals surface area contributed by atoms with E-state index in [1.165, 1.54) is 0 Å². The Balaban J connectivity index is 1.77. The van der Waals surface area contributed by atoms with E-state index in [1.54, 1.807) is 18.2 Å². The predicted octanol–water partition coefficient (Wildman–Crippen LogP) is 2.79. The van der Waals surface area contributed by atoms with Gasteiger partial charge in [0.15, 0.2) is 6.61 Å². The van der Waals surface area contributed by atoms with Crippen molar-refractivity contribution >= 4 is 29.1 Å². The summed E-state index contributed by atoms with van der Waals surface area (Å²) in [6.45, 7) is 0.126. The van der Waals surface area contributed by atoms with E-state index in [4.69, 9.17) is 27.9 Å². The van der Waals surface area contributed by atoms with Crippen molar-refractivity contribution in [3.05, 3.63) is 28.2 Å². The van der Waals surface area contributed by atoms with E-state index < -0.39 is 5.60 Å². The third kappa shape index (κ3) is 4.27. The SMILES string of the molecule is O=C(COc1ccc(Cl)cc1Cl)NCC1(O)CCCC1. The maximum atomic E-state index is 11.7. The molecule has 1 saturated carbocycles. The van der Waals surface area contributed by atoms with Gasteiger partial charge in [0.25, 0.3) is 5.91 Å². The van der Waals surface area contributed by atoms with Gasteiger partial charge in [0, 0.05) is 11.6 Å². The second kappa shape index (κ2) is 6.66. The van der Waals surface area contributed by atoms with Crippen molar-refractivity contribution < 1.29 is 14.6 Å². The minimum absolute atomic E-state index is 0.141. The second-order valence-corrected chi connectivity index (χ2v) is 5.92. The molecule has 1 fully saturated rings. The van der Waals surface area contributed by atoms with Crippen LogP contribution in [0, 0.1) is 0 Å². The van der Waals surface area contributed by atoms with Crippen molar-refractivity contribution in [2.24, 2.45) is 0 Å². The van der Waals surface area contributed by atoms with Crippen molar-refractivity contribution in [2.45, 2.75) is 31.3 Å². The van der Waals surface area contributed by atoms with Gasteiger partial charge >= 0.3 is 0 Å². The summed E-state index contributed by atoms with van der Waals surface area (Å²) in [5.74, 6) is 0.127. The molecule has 1 aromatic rings. The number of halogens is 2. The van der Waals surface area contributed by atoms with Gasteiger partial charge in [-0.3, -0.25) is 4.79 Å². The summed E-state index contributed by atoms with van der Waals surface area (Å²) in [6.07, 6.45) is 3.47. The first kappa shape index (κ1) is 15.4. The molecule has 1 aromatic carbocycles. The molecule has 0 unspecified atom stereocenters. The van der Waals surface area contributed by atoms with Gasteiger partial charge in [0.2, 0.25) is 0 Å². The zero-order valence-corrected chi connectivity index (χ0v) is 12.5. The number of nitrogens with one attached hydrogen (secondary N) is 1. The fourth-order valence-corrected chi connectivity index (χ4v) is 2.72. The Morgan fingerprint density at radius 2 is 2.05 bits per heavy atom. The number of amides is 1. The van der Waals surface area contributed by atoms with Crippen molar-refractivity contribution in [3.8, 4) is 5.75 Å². The number of hydrogen-bond donors (Lipinski definition) is 2. The lowest BCUT2D eigenvalue weighted by molar-refractivity contribution is -0.124. The number of benzene rings is 1. The molecule has 0 atom stereocenters. The molecule has 4 nitrogen and oxygen atoms in total. The highest BCUT2D eigenvalue weighted by Gasteiger charge is 2.31. The Morgan fingerprint density at radius 3 is 2.70 bits per heavy atom. The van der Waals surface area contributed by atoms with Crippen molar-refractivity contribution in [1.82, 2.24) is 5.32 Å². The summed E-state index contributed by atoms with van der Waals surface area (Å²) < 4.78 is 5.32. The quantitative estimate of drug-likeness (QED) is 0.878. The third-order valence-electron chi connectivity index (χ3n) is 3.40. The summed E-state index contributed by atoms with van der Waals surface area (Å²) in [7, 11) is 0. The van der Waals surface area contributed by atoms with Gasteiger partial charge in [0.1, 0.15) is 5.75 Å². The van der Waals surface area contributed by atoms with Gasteiger partial charge < -0.3 is 15.2 Å². The van der Waals surface area contributed by atoms with Crippen LogP contribution in [0.4, 0.5) is 0 Å². The molecule has 110 valence electrons. The predicted molar refractivity (Wildman–Crippen MR) is 78.4 cm³/mol. The largest absolute Gasteiger partial charge is 0.482 e. The number of rotatable bonds is 5. The van der Waals surface area contributed by atoms with Gasteiger partial charge in [-0.15, -0.1) is 0 Å². The maximum Gasteiger partial charge on any atom is 0.258 e. The van der Waals surface area contributed by atoms with E-state index in [0.29, 0.717) is 15.8 Å². The average Bonchev–Trinajstić information content (AvgIpc) is 2.83. The first-order chi connectivity index (χ1) is 9.48. The van der Waals surface area contributed by atoms with E-state index in [2.05, 4.69) is 5.32 Å². The lowest BCUT2D eigenvalue weighted by atomic mass is 10.0. The van der Waals surface area contributed by atoms with Gasteiger partial charge in [-0.1, -0.05) is 36.0 Å². The first-order valence-electron chi connectivity index (χ1n) is 6.55. The zero-order valence-electron chi connectivity index (χ0n) is 11.0. The number of hydrogen-bond acceptors (Lipinski definition) is 3. The van der Waals surface area contributed by atoms with Gasteiger partial charge in [-0.2, -0.15) is 0 Å². The van der Waals surface area contributed by atoms with Crippen LogP contribution in [0.2, 0.25) is 10.0 Å². The summed E-state index contributed by atoms with van der Waals surface area (Å²) in [6, 6.07) is 4.81. The molecule has 1 aliphatic rings. The summed E-state index contributed by atoms with van der Waals surface area (Å²) >= 11 is 11.7. The summed E-state index contributed by atoms with van der Waals surface area (Å²) in [5, 5.41) is 13.7. The molecule has 2 N–H and O–H groups in total.